The van der Waals surface area contributed by atoms with Crippen LogP contribution in [0.5, 0.6) is 0 Å². The Morgan fingerprint density at radius 1 is 1.06 bits per heavy atom. The molecule has 0 fully saturated rings. The molecule has 31 heavy (non-hydrogen) atoms. The van der Waals surface area contributed by atoms with Gasteiger partial charge in [-0.3, -0.25) is 4.79 Å². The van der Waals surface area contributed by atoms with Crippen LogP contribution in [0.4, 0.5) is 5.13 Å². The predicted octanol–water partition coefficient (Wildman–Crippen LogP) is 4.11. The third-order valence-corrected chi connectivity index (χ3v) is 7.16. The lowest BCUT2D eigenvalue weighted by Crippen LogP contribution is -2.14. The number of benzene rings is 2. The Morgan fingerprint density at radius 2 is 1.81 bits per heavy atom. The van der Waals surface area contributed by atoms with Crippen LogP contribution in [-0.4, -0.2) is 25.1 Å². The van der Waals surface area contributed by atoms with Gasteiger partial charge in [0, 0.05) is 17.2 Å². The number of para-hydroxylation sites is 1. The van der Waals surface area contributed by atoms with Gasteiger partial charge in [0.2, 0.25) is 5.91 Å². The molecule has 7 nitrogen and oxygen atoms in total. The number of sulfone groups is 1. The molecule has 1 N–H and O–H groups in total. The summed E-state index contributed by atoms with van der Waals surface area (Å²) in [6.45, 7) is 0. The number of rotatable bonds is 7. The fraction of sp³-hybridized carbons (Fsp3) is 0.136. The van der Waals surface area contributed by atoms with E-state index in [1.807, 2.05) is 12.1 Å². The van der Waals surface area contributed by atoms with Gasteiger partial charge in [-0.1, -0.05) is 36.4 Å². The highest BCUT2D eigenvalue weighted by molar-refractivity contribution is 7.91. The van der Waals surface area contributed by atoms with Crippen molar-refractivity contribution in [3.63, 3.8) is 0 Å². The van der Waals surface area contributed by atoms with Gasteiger partial charge < -0.3 is 9.73 Å². The number of hydrogen-bond donors (Lipinski definition) is 1. The Hall–Kier alpha value is -3.30. The Bertz CT molecular complexity index is 1390. The van der Waals surface area contributed by atoms with E-state index in [2.05, 4.69) is 10.3 Å². The number of carbonyl (C=O) groups excluding carboxylic acids is 1. The second-order valence-electron chi connectivity index (χ2n) is 6.81. The quantitative estimate of drug-likeness (QED) is 0.421. The van der Waals surface area contributed by atoms with E-state index in [1.165, 1.54) is 23.5 Å². The molecule has 4 aromatic rings. The topological polar surface area (TPSA) is 106 Å². The van der Waals surface area contributed by atoms with Crippen LogP contribution >= 0.6 is 11.3 Å². The summed E-state index contributed by atoms with van der Waals surface area (Å²) < 4.78 is 29.9. The first kappa shape index (κ1) is 21.0. The standard InChI is InChI=1S/C22H18N2O5S2/c25-20(11-6-12-31(27,28)16-8-2-1-3-9-16)24-22-23-18(14-30-22)17-13-15-7-4-5-10-19(15)29-21(17)26/h1-5,7-10,13-14H,6,11-12H2,(H,23,24,25). The Kier molecular flexibility index (Phi) is 5.97. The van der Waals surface area contributed by atoms with Crippen molar-refractivity contribution in [2.24, 2.45) is 0 Å². The zero-order valence-corrected chi connectivity index (χ0v) is 17.9. The summed E-state index contributed by atoms with van der Waals surface area (Å²) in [7, 11) is -3.42. The van der Waals surface area contributed by atoms with Gasteiger partial charge in [-0.25, -0.2) is 18.2 Å². The maximum atomic E-state index is 12.3. The van der Waals surface area contributed by atoms with Crippen molar-refractivity contribution in [3.05, 3.63) is 76.5 Å². The van der Waals surface area contributed by atoms with Crippen LogP contribution in [0, 0.1) is 0 Å². The zero-order chi connectivity index (χ0) is 21.8. The molecule has 0 radical (unpaired) electrons. The maximum Gasteiger partial charge on any atom is 0.345 e. The van der Waals surface area contributed by atoms with Crippen molar-refractivity contribution in [3.8, 4) is 11.3 Å². The molecule has 2 aromatic carbocycles. The van der Waals surface area contributed by atoms with Gasteiger partial charge in [-0.2, -0.15) is 0 Å². The normalized spacial score (nSPS) is 11.5. The van der Waals surface area contributed by atoms with Gasteiger partial charge >= 0.3 is 5.63 Å². The summed E-state index contributed by atoms with van der Waals surface area (Å²) in [5, 5.41) is 5.42. The Morgan fingerprint density at radius 3 is 2.61 bits per heavy atom. The molecule has 1 amide bonds. The first-order valence-electron chi connectivity index (χ1n) is 9.49. The molecule has 158 valence electrons. The minimum Gasteiger partial charge on any atom is -0.422 e. The molecular formula is C22H18N2O5S2. The molecule has 2 heterocycles. The molecule has 4 rings (SSSR count). The van der Waals surface area contributed by atoms with E-state index in [-0.39, 0.29) is 29.4 Å². The molecule has 0 unspecified atom stereocenters. The predicted molar refractivity (Wildman–Crippen MR) is 120 cm³/mol. The molecule has 2 aromatic heterocycles. The van der Waals surface area contributed by atoms with Crippen molar-refractivity contribution in [1.29, 1.82) is 0 Å². The van der Waals surface area contributed by atoms with Crippen LogP contribution in [0.1, 0.15) is 12.8 Å². The van der Waals surface area contributed by atoms with Gasteiger partial charge in [0.25, 0.3) is 0 Å². The summed E-state index contributed by atoms with van der Waals surface area (Å²) >= 11 is 1.18. The number of aromatic nitrogens is 1. The van der Waals surface area contributed by atoms with Crippen molar-refractivity contribution in [2.75, 3.05) is 11.1 Å². The highest BCUT2D eigenvalue weighted by atomic mass is 32.2. The van der Waals surface area contributed by atoms with Crippen LogP contribution in [-0.2, 0) is 14.6 Å². The molecule has 0 spiro atoms. The molecule has 0 aliphatic heterocycles. The first-order chi connectivity index (χ1) is 14.9. The molecule has 0 bridgehead atoms. The number of nitrogens with one attached hydrogen (secondary N) is 1. The second kappa shape index (κ2) is 8.83. The lowest BCUT2D eigenvalue weighted by Gasteiger charge is -2.04. The van der Waals surface area contributed by atoms with E-state index < -0.39 is 15.5 Å². The SMILES string of the molecule is O=C(CCCS(=O)(=O)c1ccccc1)Nc1nc(-c2cc3ccccc3oc2=O)cs1. The fourth-order valence-corrected chi connectivity index (χ4v) is 5.10. The lowest BCUT2D eigenvalue weighted by atomic mass is 10.1. The molecule has 0 aliphatic carbocycles. The summed E-state index contributed by atoms with van der Waals surface area (Å²) in [5.74, 6) is -0.458. The van der Waals surface area contributed by atoms with Crippen LogP contribution in [0.15, 0.2) is 80.2 Å². The number of fused-ring (bicyclic) bond motifs is 1. The molecule has 9 heteroatoms. The van der Waals surface area contributed by atoms with E-state index >= 15 is 0 Å². The summed E-state index contributed by atoms with van der Waals surface area (Å²) in [6, 6.07) is 17.0. The summed E-state index contributed by atoms with van der Waals surface area (Å²) in [5.41, 5.74) is 0.703. The second-order valence-corrected chi connectivity index (χ2v) is 9.77. The van der Waals surface area contributed by atoms with E-state index in [1.54, 1.807) is 41.8 Å². The molecular weight excluding hydrogens is 436 g/mol. The molecule has 0 saturated heterocycles. The van der Waals surface area contributed by atoms with E-state index in [0.717, 1.165) is 5.39 Å². The summed E-state index contributed by atoms with van der Waals surface area (Å²) in [4.78, 5) is 29.0. The Balaban J connectivity index is 1.38. The van der Waals surface area contributed by atoms with Crippen molar-refractivity contribution in [1.82, 2.24) is 4.98 Å². The van der Waals surface area contributed by atoms with Gasteiger partial charge in [0.15, 0.2) is 15.0 Å². The third-order valence-electron chi connectivity index (χ3n) is 4.59. The van der Waals surface area contributed by atoms with Crippen LogP contribution in [0.3, 0.4) is 0 Å². The maximum absolute atomic E-state index is 12.3. The summed E-state index contributed by atoms with van der Waals surface area (Å²) in [6.07, 6.45) is 0.231. The minimum atomic E-state index is -3.42. The van der Waals surface area contributed by atoms with Gasteiger partial charge in [-0.15, -0.1) is 11.3 Å². The Labute approximate surface area is 182 Å². The van der Waals surface area contributed by atoms with Crippen LogP contribution < -0.4 is 10.9 Å². The molecule has 0 atom stereocenters. The average molecular weight is 455 g/mol. The monoisotopic (exact) mass is 454 g/mol. The number of nitrogens with zero attached hydrogens (tertiary/aromatic N) is 1. The number of thiazole rings is 1. The lowest BCUT2D eigenvalue weighted by molar-refractivity contribution is -0.116. The van der Waals surface area contributed by atoms with Gasteiger partial charge in [-0.05, 0) is 30.7 Å². The van der Waals surface area contributed by atoms with Gasteiger partial charge in [0.05, 0.1) is 21.9 Å². The molecule has 0 aliphatic rings. The highest BCUT2D eigenvalue weighted by Crippen LogP contribution is 2.25. The average Bonchev–Trinajstić information content (AvgIpc) is 3.21. The van der Waals surface area contributed by atoms with Crippen molar-refractivity contribution < 1.29 is 17.6 Å². The number of hydrogen-bond acceptors (Lipinski definition) is 7. The first-order valence-corrected chi connectivity index (χ1v) is 12.0. The minimum absolute atomic E-state index is 0.0408. The number of carbonyl (C=O) groups is 1. The fourth-order valence-electron chi connectivity index (χ4n) is 3.05. The number of anilines is 1. The van der Waals surface area contributed by atoms with E-state index in [4.69, 9.17) is 4.42 Å². The van der Waals surface area contributed by atoms with Crippen LogP contribution in [0.2, 0.25) is 0 Å². The van der Waals surface area contributed by atoms with Crippen molar-refractivity contribution >= 4 is 43.2 Å². The zero-order valence-electron chi connectivity index (χ0n) is 16.3. The van der Waals surface area contributed by atoms with Gasteiger partial charge in [0.1, 0.15) is 5.58 Å². The van der Waals surface area contributed by atoms with E-state index in [0.29, 0.717) is 22.0 Å². The third kappa shape index (κ3) is 4.89. The number of amides is 1. The van der Waals surface area contributed by atoms with Crippen molar-refractivity contribution in [2.45, 2.75) is 17.7 Å². The smallest absolute Gasteiger partial charge is 0.345 e. The van der Waals surface area contributed by atoms with E-state index in [9.17, 15) is 18.0 Å². The van der Waals surface area contributed by atoms with Crippen LogP contribution in [0.25, 0.3) is 22.2 Å². The highest BCUT2D eigenvalue weighted by Gasteiger charge is 2.16. The largest absolute Gasteiger partial charge is 0.422 e. The molecule has 0 saturated carbocycles.